The molecular formula is C22H28N6O3. The third-order valence-corrected chi connectivity index (χ3v) is 5.91. The molecule has 1 aliphatic heterocycles. The Balaban J connectivity index is 1.28. The van der Waals surface area contributed by atoms with E-state index in [9.17, 15) is 10.0 Å². The maximum atomic E-state index is 11.5. The van der Waals surface area contributed by atoms with Crippen LogP contribution in [0.5, 0.6) is 0 Å². The first-order valence-electron chi connectivity index (χ1n) is 10.4. The van der Waals surface area contributed by atoms with Gasteiger partial charge < -0.3 is 19.5 Å². The molecule has 1 saturated heterocycles. The molecule has 2 aromatic heterocycles. The van der Waals surface area contributed by atoms with Crippen molar-refractivity contribution in [2.75, 3.05) is 37.1 Å². The van der Waals surface area contributed by atoms with Crippen LogP contribution in [-0.2, 0) is 18.3 Å². The van der Waals surface area contributed by atoms with Crippen LogP contribution in [0.1, 0.15) is 28.8 Å². The van der Waals surface area contributed by atoms with Gasteiger partial charge in [0.1, 0.15) is 0 Å². The van der Waals surface area contributed by atoms with E-state index in [1.165, 1.54) is 25.1 Å². The van der Waals surface area contributed by atoms with Gasteiger partial charge in [0.05, 0.1) is 18.4 Å². The summed E-state index contributed by atoms with van der Waals surface area (Å²) in [6, 6.07) is 5.84. The SMILES string of the molecule is COC(=O)c1cnc(N2CCC(CNCc3cn(C)c4ccc(NO)cc34)CC2)nc1. The summed E-state index contributed by atoms with van der Waals surface area (Å²) in [4.78, 5) is 22.3. The van der Waals surface area contributed by atoms with Gasteiger partial charge in [-0.2, -0.15) is 0 Å². The van der Waals surface area contributed by atoms with E-state index in [1.54, 1.807) is 0 Å². The van der Waals surface area contributed by atoms with Crippen molar-refractivity contribution < 1.29 is 14.7 Å². The predicted octanol–water partition coefficient (Wildman–Crippen LogP) is 2.56. The normalized spacial score (nSPS) is 14.7. The molecule has 9 heteroatoms. The van der Waals surface area contributed by atoms with E-state index in [0.717, 1.165) is 49.9 Å². The first-order chi connectivity index (χ1) is 15.1. The van der Waals surface area contributed by atoms with Crippen molar-refractivity contribution in [1.29, 1.82) is 0 Å². The number of hydrogen-bond donors (Lipinski definition) is 3. The first kappa shape index (κ1) is 21.1. The van der Waals surface area contributed by atoms with E-state index < -0.39 is 5.97 Å². The minimum atomic E-state index is -0.425. The Hall–Kier alpha value is -3.17. The molecule has 0 atom stereocenters. The van der Waals surface area contributed by atoms with Crippen molar-refractivity contribution in [2.45, 2.75) is 19.4 Å². The molecule has 0 bridgehead atoms. The second kappa shape index (κ2) is 9.32. The zero-order chi connectivity index (χ0) is 21.8. The van der Waals surface area contributed by atoms with Crippen LogP contribution in [0.2, 0.25) is 0 Å². The zero-order valence-corrected chi connectivity index (χ0v) is 17.8. The molecule has 9 nitrogen and oxygen atoms in total. The van der Waals surface area contributed by atoms with Crippen molar-refractivity contribution in [2.24, 2.45) is 13.0 Å². The number of benzene rings is 1. The molecule has 1 aliphatic rings. The average Bonchev–Trinajstić information content (AvgIpc) is 3.13. The summed E-state index contributed by atoms with van der Waals surface area (Å²) in [5.74, 6) is 0.824. The minimum absolute atomic E-state index is 0.362. The standard InChI is InChI=1S/C22H28N6O3/c1-27-14-17(19-9-18(26-30)3-4-20(19)27)11-23-10-15-5-7-28(8-6-15)22-24-12-16(13-25-22)21(29)31-2/h3-4,9,12-15,23,26,30H,5-8,10-11H2,1-2H3. The first-order valence-corrected chi connectivity index (χ1v) is 10.4. The lowest BCUT2D eigenvalue weighted by molar-refractivity contribution is 0.0599. The number of esters is 1. The highest BCUT2D eigenvalue weighted by atomic mass is 16.5. The number of methoxy groups -OCH3 is 1. The van der Waals surface area contributed by atoms with Gasteiger partial charge in [-0.15, -0.1) is 0 Å². The molecule has 0 spiro atoms. The fourth-order valence-electron chi connectivity index (χ4n) is 4.14. The van der Waals surface area contributed by atoms with Crippen LogP contribution in [0.25, 0.3) is 10.9 Å². The molecule has 164 valence electrons. The van der Waals surface area contributed by atoms with Gasteiger partial charge in [0.15, 0.2) is 0 Å². The Labute approximate surface area is 181 Å². The number of nitrogens with one attached hydrogen (secondary N) is 2. The lowest BCUT2D eigenvalue weighted by atomic mass is 9.97. The second-order valence-electron chi connectivity index (χ2n) is 7.93. The fraction of sp³-hybridized carbons (Fsp3) is 0.409. The van der Waals surface area contributed by atoms with Crippen molar-refractivity contribution in [3.63, 3.8) is 0 Å². The molecule has 1 aromatic carbocycles. The summed E-state index contributed by atoms with van der Waals surface area (Å²) >= 11 is 0. The Bertz CT molecular complexity index is 1040. The predicted molar refractivity (Wildman–Crippen MR) is 118 cm³/mol. The summed E-state index contributed by atoms with van der Waals surface area (Å²) in [6.45, 7) is 3.52. The molecule has 3 aromatic rings. The van der Waals surface area contributed by atoms with Crippen LogP contribution in [0.4, 0.5) is 11.6 Å². The van der Waals surface area contributed by atoms with Crippen molar-refractivity contribution in [1.82, 2.24) is 19.9 Å². The molecule has 0 saturated carbocycles. The van der Waals surface area contributed by atoms with Crippen molar-refractivity contribution in [3.8, 4) is 0 Å². The van der Waals surface area contributed by atoms with Crippen LogP contribution >= 0.6 is 0 Å². The molecular weight excluding hydrogens is 396 g/mol. The van der Waals surface area contributed by atoms with Crippen LogP contribution in [0.3, 0.4) is 0 Å². The van der Waals surface area contributed by atoms with E-state index >= 15 is 0 Å². The molecule has 0 amide bonds. The minimum Gasteiger partial charge on any atom is -0.465 e. The Morgan fingerprint density at radius 3 is 2.68 bits per heavy atom. The van der Waals surface area contributed by atoms with Gasteiger partial charge in [0.2, 0.25) is 5.95 Å². The molecule has 1 fully saturated rings. The number of anilines is 2. The van der Waals surface area contributed by atoms with Crippen LogP contribution < -0.4 is 15.7 Å². The van der Waals surface area contributed by atoms with Gasteiger partial charge in [0, 0.05) is 56.2 Å². The molecule has 4 rings (SSSR count). The molecule has 31 heavy (non-hydrogen) atoms. The highest BCUT2D eigenvalue weighted by Gasteiger charge is 2.21. The van der Waals surface area contributed by atoms with Gasteiger partial charge in [-0.3, -0.25) is 10.7 Å². The Kier molecular flexibility index (Phi) is 6.34. The second-order valence-corrected chi connectivity index (χ2v) is 7.93. The monoisotopic (exact) mass is 424 g/mol. The number of carbonyl (C=O) groups excluding carboxylic acids is 1. The summed E-state index contributed by atoms with van der Waals surface area (Å²) in [5, 5.41) is 13.9. The summed E-state index contributed by atoms with van der Waals surface area (Å²) in [5.41, 5.74) is 5.63. The van der Waals surface area contributed by atoms with Crippen LogP contribution in [-0.4, -0.2) is 52.5 Å². The van der Waals surface area contributed by atoms with Gasteiger partial charge in [0.25, 0.3) is 0 Å². The van der Waals surface area contributed by atoms with Crippen molar-refractivity contribution >= 4 is 28.5 Å². The highest BCUT2D eigenvalue weighted by molar-refractivity contribution is 5.88. The molecule has 0 unspecified atom stereocenters. The van der Waals surface area contributed by atoms with Gasteiger partial charge in [-0.05, 0) is 49.1 Å². The molecule has 0 aliphatic carbocycles. The van der Waals surface area contributed by atoms with Gasteiger partial charge in [-0.1, -0.05) is 0 Å². The van der Waals surface area contributed by atoms with Gasteiger partial charge in [-0.25, -0.2) is 14.8 Å². The third-order valence-electron chi connectivity index (χ3n) is 5.91. The van der Waals surface area contributed by atoms with E-state index in [4.69, 9.17) is 0 Å². The van der Waals surface area contributed by atoms with Crippen LogP contribution in [0, 0.1) is 5.92 Å². The number of nitrogens with zero attached hydrogens (tertiary/aromatic N) is 4. The molecule has 0 radical (unpaired) electrons. The number of ether oxygens (including phenoxy) is 1. The number of carbonyl (C=O) groups is 1. The number of aryl methyl sites for hydroxylation is 1. The number of hydrogen-bond acceptors (Lipinski definition) is 8. The zero-order valence-electron chi connectivity index (χ0n) is 17.8. The third kappa shape index (κ3) is 4.62. The number of fused-ring (bicyclic) bond motifs is 1. The number of rotatable bonds is 7. The lowest BCUT2D eigenvalue weighted by Gasteiger charge is -2.32. The van der Waals surface area contributed by atoms with E-state index in [1.807, 2.05) is 25.2 Å². The van der Waals surface area contributed by atoms with E-state index in [0.29, 0.717) is 23.1 Å². The lowest BCUT2D eigenvalue weighted by Crippen LogP contribution is -2.38. The quantitative estimate of drug-likeness (QED) is 0.393. The van der Waals surface area contributed by atoms with Crippen LogP contribution in [0.15, 0.2) is 36.8 Å². The largest absolute Gasteiger partial charge is 0.465 e. The number of piperidine rings is 1. The molecule has 3 heterocycles. The van der Waals surface area contributed by atoms with Gasteiger partial charge >= 0.3 is 5.97 Å². The Morgan fingerprint density at radius 1 is 1.26 bits per heavy atom. The maximum Gasteiger partial charge on any atom is 0.341 e. The summed E-state index contributed by atoms with van der Waals surface area (Å²) < 4.78 is 6.80. The fourth-order valence-corrected chi connectivity index (χ4v) is 4.14. The Morgan fingerprint density at radius 2 is 2.00 bits per heavy atom. The average molecular weight is 425 g/mol. The molecule has 3 N–H and O–H groups in total. The topological polar surface area (TPSA) is 105 Å². The van der Waals surface area contributed by atoms with Crippen molar-refractivity contribution in [3.05, 3.63) is 47.9 Å². The summed E-state index contributed by atoms with van der Waals surface area (Å²) in [6.07, 6.45) is 7.29. The maximum absolute atomic E-state index is 11.5. The van der Waals surface area contributed by atoms with E-state index in [2.05, 4.69) is 41.2 Å². The smallest absolute Gasteiger partial charge is 0.341 e. The summed E-state index contributed by atoms with van der Waals surface area (Å²) in [7, 11) is 3.38. The number of aromatic nitrogens is 3. The van der Waals surface area contributed by atoms with E-state index in [-0.39, 0.29) is 0 Å². The highest BCUT2D eigenvalue weighted by Crippen LogP contribution is 2.25.